The summed E-state index contributed by atoms with van der Waals surface area (Å²) in [5.41, 5.74) is 3.38. The number of hydrogen-bond donors (Lipinski definition) is 1. The maximum absolute atomic E-state index is 13.7. The van der Waals surface area contributed by atoms with Gasteiger partial charge in [0, 0.05) is 35.1 Å². The fraction of sp³-hybridized carbons (Fsp3) is 0.0741. The van der Waals surface area contributed by atoms with Crippen molar-refractivity contribution < 1.29 is 13.9 Å². The van der Waals surface area contributed by atoms with Crippen LogP contribution in [0.25, 0.3) is 11.1 Å². The lowest BCUT2D eigenvalue weighted by Gasteiger charge is -2.14. The highest BCUT2D eigenvalue weighted by atomic mass is 32.2. The van der Waals surface area contributed by atoms with E-state index in [1.807, 2.05) is 66.7 Å². The number of ether oxygens (including phenoxy) is 1. The molecular weight excluding hydrogens is 421 g/mol. The standard InChI is InChI=1S/C27H22FNO2S/c1-32-24-13-10-19(11-14-24)16-27(30)29-22-12-15-25(20-6-3-2-4-7-20)26(18-22)31-23-9-5-8-21(28)17-23/h2-15,17-18H,16H2,1H3,(H,29,30)/p+1. The third-order valence-corrected chi connectivity index (χ3v) is 5.75. The van der Waals surface area contributed by atoms with E-state index in [4.69, 9.17) is 4.74 Å². The molecule has 4 aromatic rings. The van der Waals surface area contributed by atoms with Crippen LogP contribution in [0.4, 0.5) is 10.1 Å². The van der Waals surface area contributed by atoms with Crippen LogP contribution < -0.4 is 10.1 Å². The molecule has 0 aliphatic carbocycles. The number of carbonyl (C=O) groups excluding carboxylic acids is 1. The summed E-state index contributed by atoms with van der Waals surface area (Å²) in [6, 6.07) is 29.3. The highest BCUT2D eigenvalue weighted by Gasteiger charge is 2.12. The largest absolute Gasteiger partial charge is 0.457 e. The predicted octanol–water partition coefficient (Wildman–Crippen LogP) is 6.27. The minimum atomic E-state index is -0.373. The molecule has 0 atom stereocenters. The van der Waals surface area contributed by atoms with Crippen molar-refractivity contribution in [2.24, 2.45) is 0 Å². The molecule has 0 radical (unpaired) electrons. The summed E-state index contributed by atoms with van der Waals surface area (Å²) in [7, 11) is 0. The lowest BCUT2D eigenvalue weighted by Crippen LogP contribution is -2.14. The van der Waals surface area contributed by atoms with E-state index in [1.54, 1.807) is 18.2 Å². The fourth-order valence-corrected chi connectivity index (χ4v) is 3.80. The second-order valence-electron chi connectivity index (χ2n) is 7.25. The van der Waals surface area contributed by atoms with Crippen LogP contribution in [0.2, 0.25) is 0 Å². The van der Waals surface area contributed by atoms with E-state index in [1.165, 1.54) is 28.8 Å². The van der Waals surface area contributed by atoms with Crippen LogP contribution in [0.3, 0.4) is 0 Å². The van der Waals surface area contributed by atoms with Crippen molar-refractivity contribution in [2.45, 2.75) is 11.3 Å². The lowest BCUT2D eigenvalue weighted by molar-refractivity contribution is -0.115. The van der Waals surface area contributed by atoms with E-state index in [0.29, 0.717) is 17.2 Å². The zero-order valence-corrected chi connectivity index (χ0v) is 18.5. The van der Waals surface area contributed by atoms with Crippen molar-refractivity contribution >= 4 is 23.4 Å². The van der Waals surface area contributed by atoms with Gasteiger partial charge in [0.25, 0.3) is 0 Å². The van der Waals surface area contributed by atoms with Crippen LogP contribution in [-0.2, 0) is 23.0 Å². The van der Waals surface area contributed by atoms with Crippen molar-refractivity contribution in [1.82, 2.24) is 0 Å². The summed E-state index contributed by atoms with van der Waals surface area (Å²) >= 11 is 1.20. The molecule has 1 N–H and O–H groups in total. The van der Waals surface area contributed by atoms with Gasteiger partial charge in [-0.25, -0.2) is 4.39 Å². The van der Waals surface area contributed by atoms with Crippen LogP contribution in [0.5, 0.6) is 11.5 Å². The van der Waals surface area contributed by atoms with E-state index in [-0.39, 0.29) is 18.1 Å². The number of benzene rings is 4. The van der Waals surface area contributed by atoms with Gasteiger partial charge in [0.1, 0.15) is 23.6 Å². The Bertz CT molecular complexity index is 1210. The molecule has 3 nitrogen and oxygen atoms in total. The maximum Gasteiger partial charge on any atom is 0.228 e. The first kappa shape index (κ1) is 21.7. The molecule has 0 fully saturated rings. The molecule has 0 bridgehead atoms. The molecule has 4 aromatic carbocycles. The quantitative estimate of drug-likeness (QED) is 0.269. The Hall–Kier alpha value is -3.57. The molecular formula is C27H23FNO2S+. The minimum Gasteiger partial charge on any atom is -0.457 e. The van der Waals surface area contributed by atoms with Gasteiger partial charge in [-0.15, -0.1) is 0 Å². The number of thiol groups is 1. The number of nitrogens with one attached hydrogen (secondary N) is 1. The lowest BCUT2D eigenvalue weighted by atomic mass is 10.0. The number of anilines is 1. The van der Waals surface area contributed by atoms with Crippen LogP contribution in [-0.4, -0.2) is 12.2 Å². The van der Waals surface area contributed by atoms with Crippen molar-refractivity contribution in [2.75, 3.05) is 11.6 Å². The minimum absolute atomic E-state index is 0.115. The summed E-state index contributed by atoms with van der Waals surface area (Å²) in [6.45, 7) is 0. The zero-order valence-electron chi connectivity index (χ0n) is 17.6. The molecule has 0 unspecified atom stereocenters. The number of carbonyl (C=O) groups is 1. The van der Waals surface area contributed by atoms with Gasteiger partial charge in [0.2, 0.25) is 5.91 Å². The van der Waals surface area contributed by atoms with Crippen LogP contribution in [0.15, 0.2) is 102 Å². The Morgan fingerprint density at radius 3 is 2.41 bits per heavy atom. The highest BCUT2D eigenvalue weighted by molar-refractivity contribution is 7.77. The maximum atomic E-state index is 13.7. The van der Waals surface area contributed by atoms with Gasteiger partial charge in [-0.05, 0) is 47.5 Å². The van der Waals surface area contributed by atoms with E-state index >= 15 is 0 Å². The summed E-state index contributed by atoms with van der Waals surface area (Å²) in [5.74, 6) is 0.435. The number of amides is 1. The first-order valence-corrected chi connectivity index (χ1v) is 11.6. The molecule has 0 spiro atoms. The van der Waals surface area contributed by atoms with Gasteiger partial charge in [-0.2, -0.15) is 0 Å². The van der Waals surface area contributed by atoms with E-state index < -0.39 is 0 Å². The normalized spacial score (nSPS) is 10.6. The average molecular weight is 445 g/mol. The second-order valence-corrected chi connectivity index (χ2v) is 8.22. The third kappa shape index (κ3) is 5.56. The van der Waals surface area contributed by atoms with Crippen LogP contribution in [0.1, 0.15) is 5.56 Å². The van der Waals surface area contributed by atoms with Crippen LogP contribution >= 0.6 is 0 Å². The Kier molecular flexibility index (Phi) is 6.87. The van der Waals surface area contributed by atoms with Gasteiger partial charge in [0.05, 0.1) is 6.42 Å². The smallest absolute Gasteiger partial charge is 0.228 e. The molecule has 0 aliphatic heterocycles. The van der Waals surface area contributed by atoms with Crippen molar-refractivity contribution in [3.05, 3.63) is 108 Å². The van der Waals surface area contributed by atoms with Gasteiger partial charge < -0.3 is 10.1 Å². The molecule has 160 valence electrons. The average Bonchev–Trinajstić information content (AvgIpc) is 2.80. The summed E-state index contributed by atoms with van der Waals surface area (Å²) < 4.78 is 19.7. The van der Waals surface area contributed by atoms with E-state index in [9.17, 15) is 9.18 Å². The fourth-order valence-electron chi connectivity index (χ4n) is 3.35. The molecule has 0 aliphatic rings. The Balaban J connectivity index is 1.57. The third-order valence-electron chi connectivity index (χ3n) is 4.93. The van der Waals surface area contributed by atoms with Gasteiger partial charge >= 0.3 is 0 Å². The van der Waals surface area contributed by atoms with Gasteiger partial charge in [-0.1, -0.05) is 48.5 Å². The van der Waals surface area contributed by atoms with Crippen LogP contribution in [0, 0.1) is 5.82 Å². The predicted molar refractivity (Wildman–Crippen MR) is 130 cm³/mol. The van der Waals surface area contributed by atoms with Crippen molar-refractivity contribution in [3.63, 3.8) is 0 Å². The highest BCUT2D eigenvalue weighted by Crippen LogP contribution is 2.35. The first-order valence-electron chi connectivity index (χ1n) is 10.2. The number of hydrogen-bond acceptors (Lipinski definition) is 2. The van der Waals surface area contributed by atoms with Crippen molar-refractivity contribution in [3.8, 4) is 22.6 Å². The number of halogens is 1. The zero-order chi connectivity index (χ0) is 22.3. The molecule has 0 saturated carbocycles. The summed E-state index contributed by atoms with van der Waals surface area (Å²) in [4.78, 5) is 13.8. The monoisotopic (exact) mass is 444 g/mol. The second kappa shape index (κ2) is 10.2. The first-order chi connectivity index (χ1) is 15.6. The molecule has 0 saturated heterocycles. The topological polar surface area (TPSA) is 38.3 Å². The Morgan fingerprint density at radius 1 is 0.906 bits per heavy atom. The van der Waals surface area contributed by atoms with Gasteiger partial charge in [0.15, 0.2) is 4.90 Å². The SMILES string of the molecule is C[SH+]c1ccc(CC(=O)Nc2ccc(-c3ccccc3)c(Oc3cccc(F)c3)c2)cc1. The Morgan fingerprint density at radius 2 is 1.69 bits per heavy atom. The van der Waals surface area contributed by atoms with Gasteiger partial charge in [-0.3, -0.25) is 4.79 Å². The Labute approximate surface area is 191 Å². The molecule has 4 rings (SSSR count). The molecule has 5 heteroatoms. The van der Waals surface area contributed by atoms with Crippen molar-refractivity contribution in [1.29, 1.82) is 0 Å². The molecule has 32 heavy (non-hydrogen) atoms. The summed E-state index contributed by atoms with van der Waals surface area (Å²) in [5, 5.41) is 2.94. The van der Waals surface area contributed by atoms with E-state index in [2.05, 4.69) is 11.6 Å². The molecule has 1 amide bonds. The molecule has 0 heterocycles. The number of rotatable bonds is 7. The molecule has 0 aromatic heterocycles. The van der Waals surface area contributed by atoms with E-state index in [0.717, 1.165) is 16.7 Å². The summed E-state index contributed by atoms with van der Waals surface area (Å²) in [6.07, 6.45) is 2.35.